The standard InChI is InChI=1S/C10H12N2O3/c1-14-7-5-9-8(10(6-7)15-2)3-4-12(9)11-13/h5-6H,3-4H2,1-2H3. The first-order valence-corrected chi connectivity index (χ1v) is 4.66. The molecule has 5 nitrogen and oxygen atoms in total. The molecule has 0 unspecified atom stereocenters. The molecule has 1 aliphatic rings. The van der Waals surface area contributed by atoms with E-state index in [1.165, 1.54) is 5.01 Å². The number of fused-ring (bicyclic) bond motifs is 1. The van der Waals surface area contributed by atoms with Crippen molar-refractivity contribution in [2.75, 3.05) is 25.8 Å². The maximum absolute atomic E-state index is 10.6. The summed E-state index contributed by atoms with van der Waals surface area (Å²) in [6.07, 6.45) is 0.772. The Kier molecular flexibility index (Phi) is 2.45. The molecule has 0 spiro atoms. The second-order valence-corrected chi connectivity index (χ2v) is 3.28. The molecule has 1 aliphatic heterocycles. The largest absolute Gasteiger partial charge is 0.497 e. The Morgan fingerprint density at radius 3 is 2.73 bits per heavy atom. The van der Waals surface area contributed by atoms with Crippen LogP contribution in [0.15, 0.2) is 17.4 Å². The number of anilines is 1. The number of methoxy groups -OCH3 is 2. The molecule has 80 valence electrons. The molecule has 0 saturated carbocycles. The van der Waals surface area contributed by atoms with E-state index in [9.17, 15) is 4.91 Å². The third-order valence-corrected chi connectivity index (χ3v) is 2.56. The summed E-state index contributed by atoms with van der Waals surface area (Å²) in [6, 6.07) is 3.61. The minimum absolute atomic E-state index is 0.600. The lowest BCUT2D eigenvalue weighted by molar-refractivity contribution is 0.392. The quantitative estimate of drug-likeness (QED) is 0.710. The highest BCUT2D eigenvalue weighted by Crippen LogP contribution is 2.38. The number of benzene rings is 1. The molecule has 1 aromatic carbocycles. The lowest BCUT2D eigenvalue weighted by atomic mass is 10.1. The van der Waals surface area contributed by atoms with Gasteiger partial charge in [0.25, 0.3) is 0 Å². The number of nitroso groups, excluding NO2 is 1. The fourth-order valence-corrected chi connectivity index (χ4v) is 1.81. The van der Waals surface area contributed by atoms with Crippen molar-refractivity contribution in [2.24, 2.45) is 5.29 Å². The lowest BCUT2D eigenvalue weighted by Gasteiger charge is -2.12. The fourth-order valence-electron chi connectivity index (χ4n) is 1.81. The zero-order chi connectivity index (χ0) is 10.8. The first kappa shape index (κ1) is 9.76. The van der Waals surface area contributed by atoms with E-state index in [1.54, 1.807) is 20.3 Å². The van der Waals surface area contributed by atoms with Gasteiger partial charge in [-0.05, 0) is 6.42 Å². The first-order valence-electron chi connectivity index (χ1n) is 4.66. The molecule has 15 heavy (non-hydrogen) atoms. The Labute approximate surface area is 87.5 Å². The molecule has 0 aliphatic carbocycles. The average molecular weight is 208 g/mol. The minimum Gasteiger partial charge on any atom is -0.497 e. The van der Waals surface area contributed by atoms with Gasteiger partial charge in [-0.2, -0.15) is 0 Å². The van der Waals surface area contributed by atoms with Gasteiger partial charge in [-0.25, -0.2) is 5.01 Å². The van der Waals surface area contributed by atoms with Gasteiger partial charge in [0.15, 0.2) is 0 Å². The number of rotatable bonds is 3. The molecule has 1 aromatic rings. The number of hydrogen-bond acceptors (Lipinski definition) is 4. The van der Waals surface area contributed by atoms with Gasteiger partial charge in [-0.3, -0.25) is 0 Å². The van der Waals surface area contributed by atoms with Crippen molar-refractivity contribution in [3.05, 3.63) is 22.6 Å². The van der Waals surface area contributed by atoms with Gasteiger partial charge in [0.05, 0.1) is 25.2 Å². The van der Waals surface area contributed by atoms with E-state index in [2.05, 4.69) is 5.29 Å². The first-order chi connectivity index (χ1) is 7.30. The minimum atomic E-state index is 0.600. The van der Waals surface area contributed by atoms with Crippen molar-refractivity contribution in [1.29, 1.82) is 0 Å². The van der Waals surface area contributed by atoms with Gasteiger partial charge >= 0.3 is 0 Å². The smallest absolute Gasteiger partial charge is 0.127 e. The monoisotopic (exact) mass is 208 g/mol. The third-order valence-electron chi connectivity index (χ3n) is 2.56. The molecule has 0 fully saturated rings. The Balaban J connectivity index is 2.52. The summed E-state index contributed by atoms with van der Waals surface area (Å²) in [5.41, 5.74) is 1.79. The Morgan fingerprint density at radius 2 is 2.13 bits per heavy atom. The number of ether oxygens (including phenoxy) is 2. The molecule has 0 atom stereocenters. The summed E-state index contributed by atoms with van der Waals surface area (Å²) in [4.78, 5) is 10.6. The summed E-state index contributed by atoms with van der Waals surface area (Å²) in [7, 11) is 3.18. The van der Waals surface area contributed by atoms with E-state index in [4.69, 9.17) is 9.47 Å². The van der Waals surface area contributed by atoms with Gasteiger partial charge in [0.2, 0.25) is 0 Å². The summed E-state index contributed by atoms with van der Waals surface area (Å²) < 4.78 is 10.4. The predicted molar refractivity (Wildman–Crippen MR) is 56.4 cm³/mol. The van der Waals surface area contributed by atoms with E-state index in [0.29, 0.717) is 12.3 Å². The normalized spacial score (nSPS) is 13.6. The molecule has 2 rings (SSSR count). The zero-order valence-electron chi connectivity index (χ0n) is 8.69. The second kappa shape index (κ2) is 3.76. The highest BCUT2D eigenvalue weighted by molar-refractivity contribution is 5.65. The molecule has 5 heteroatoms. The summed E-state index contributed by atoms with van der Waals surface area (Å²) in [5, 5.41) is 4.37. The Hall–Kier alpha value is -1.78. The van der Waals surface area contributed by atoms with E-state index in [1.807, 2.05) is 6.07 Å². The summed E-state index contributed by atoms with van der Waals surface area (Å²) >= 11 is 0. The average Bonchev–Trinajstić information content (AvgIpc) is 2.70. The molecule has 1 heterocycles. The van der Waals surface area contributed by atoms with E-state index >= 15 is 0 Å². The second-order valence-electron chi connectivity index (χ2n) is 3.28. The van der Waals surface area contributed by atoms with Crippen LogP contribution in [0.5, 0.6) is 11.5 Å². The van der Waals surface area contributed by atoms with Crippen LogP contribution in [0.3, 0.4) is 0 Å². The fraction of sp³-hybridized carbons (Fsp3) is 0.400. The molecular weight excluding hydrogens is 196 g/mol. The molecule has 0 amide bonds. The number of nitrogens with zero attached hydrogens (tertiary/aromatic N) is 2. The molecule has 0 aromatic heterocycles. The van der Waals surface area contributed by atoms with Crippen molar-refractivity contribution in [3.8, 4) is 11.5 Å². The third kappa shape index (κ3) is 1.49. The van der Waals surface area contributed by atoms with Crippen molar-refractivity contribution < 1.29 is 9.47 Å². The van der Waals surface area contributed by atoms with Crippen LogP contribution in [0.25, 0.3) is 0 Å². The van der Waals surface area contributed by atoms with E-state index in [-0.39, 0.29) is 0 Å². The van der Waals surface area contributed by atoms with Crippen LogP contribution in [0.1, 0.15) is 5.56 Å². The molecule has 0 bridgehead atoms. The maximum Gasteiger partial charge on any atom is 0.127 e. The topological polar surface area (TPSA) is 51.1 Å². The highest BCUT2D eigenvalue weighted by atomic mass is 16.5. The Bertz CT molecular complexity index is 392. The van der Waals surface area contributed by atoms with Crippen LogP contribution in [0, 0.1) is 4.91 Å². The van der Waals surface area contributed by atoms with Gasteiger partial charge in [0.1, 0.15) is 11.5 Å². The molecular formula is C10H12N2O3. The SMILES string of the molecule is COc1cc(OC)c2c(c1)N(N=O)CC2. The van der Waals surface area contributed by atoms with Gasteiger partial charge in [-0.1, -0.05) is 0 Å². The van der Waals surface area contributed by atoms with Crippen LogP contribution >= 0.6 is 0 Å². The summed E-state index contributed by atoms with van der Waals surface area (Å²) in [5.74, 6) is 1.41. The van der Waals surface area contributed by atoms with Crippen LogP contribution in [0.4, 0.5) is 5.69 Å². The van der Waals surface area contributed by atoms with Crippen molar-refractivity contribution in [3.63, 3.8) is 0 Å². The lowest BCUT2D eigenvalue weighted by Crippen LogP contribution is -2.10. The van der Waals surface area contributed by atoms with Gasteiger partial charge < -0.3 is 9.47 Å². The van der Waals surface area contributed by atoms with Crippen LogP contribution < -0.4 is 14.5 Å². The summed E-state index contributed by atoms with van der Waals surface area (Å²) in [6.45, 7) is 0.600. The van der Waals surface area contributed by atoms with Crippen molar-refractivity contribution in [2.45, 2.75) is 6.42 Å². The predicted octanol–water partition coefficient (Wildman–Crippen LogP) is 1.75. The van der Waals surface area contributed by atoms with Crippen molar-refractivity contribution >= 4 is 5.69 Å². The van der Waals surface area contributed by atoms with Crippen LogP contribution in [-0.2, 0) is 6.42 Å². The van der Waals surface area contributed by atoms with Gasteiger partial charge in [-0.15, -0.1) is 4.91 Å². The Morgan fingerprint density at radius 1 is 1.33 bits per heavy atom. The van der Waals surface area contributed by atoms with Crippen LogP contribution in [0.2, 0.25) is 0 Å². The van der Waals surface area contributed by atoms with E-state index in [0.717, 1.165) is 23.4 Å². The van der Waals surface area contributed by atoms with Crippen LogP contribution in [-0.4, -0.2) is 20.8 Å². The molecule has 0 N–H and O–H groups in total. The molecule has 0 radical (unpaired) electrons. The van der Waals surface area contributed by atoms with E-state index < -0.39 is 0 Å². The molecule has 0 saturated heterocycles. The zero-order valence-corrected chi connectivity index (χ0v) is 8.69. The maximum atomic E-state index is 10.6. The number of hydrogen-bond donors (Lipinski definition) is 0. The van der Waals surface area contributed by atoms with Crippen molar-refractivity contribution in [1.82, 2.24) is 0 Å². The highest BCUT2D eigenvalue weighted by Gasteiger charge is 2.24. The van der Waals surface area contributed by atoms with Gasteiger partial charge in [0, 0.05) is 24.2 Å².